The maximum absolute atomic E-state index is 13.5. The Morgan fingerprint density at radius 3 is 2.84 bits per heavy atom. The summed E-state index contributed by atoms with van der Waals surface area (Å²) in [5, 5.41) is 3.94. The molecule has 6 atom stereocenters. The van der Waals surface area contributed by atoms with E-state index in [1.165, 1.54) is 11.3 Å². The van der Waals surface area contributed by atoms with E-state index in [9.17, 15) is 9.59 Å². The van der Waals surface area contributed by atoms with Gasteiger partial charge in [-0.3, -0.25) is 9.59 Å². The van der Waals surface area contributed by atoms with Crippen LogP contribution >= 0.6 is 11.6 Å². The Morgan fingerprint density at radius 2 is 2.03 bits per heavy atom. The van der Waals surface area contributed by atoms with Gasteiger partial charge in [0.05, 0.1) is 11.0 Å². The summed E-state index contributed by atoms with van der Waals surface area (Å²) in [7, 11) is 1.97. The Labute approximate surface area is 224 Å². The van der Waals surface area contributed by atoms with Gasteiger partial charge < -0.3 is 15.2 Å². The lowest BCUT2D eigenvalue weighted by Gasteiger charge is -2.59. The van der Waals surface area contributed by atoms with Gasteiger partial charge in [-0.1, -0.05) is 31.0 Å². The third-order valence-electron chi connectivity index (χ3n) is 10.8. The zero-order chi connectivity index (χ0) is 26.1. The van der Waals surface area contributed by atoms with Gasteiger partial charge in [0, 0.05) is 48.5 Å². The Hall–Kier alpha value is -2.34. The van der Waals surface area contributed by atoms with E-state index < -0.39 is 0 Å². The maximum Gasteiger partial charge on any atom is 0.226 e. The summed E-state index contributed by atoms with van der Waals surface area (Å²) in [6.45, 7) is 7.64. The van der Waals surface area contributed by atoms with Crippen molar-refractivity contribution in [3.8, 4) is 0 Å². The van der Waals surface area contributed by atoms with Crippen molar-refractivity contribution < 1.29 is 9.59 Å². The van der Waals surface area contributed by atoms with Crippen LogP contribution in [0.2, 0.25) is 5.02 Å². The number of rotatable bonds is 4. The molecule has 2 heterocycles. The molecule has 4 aliphatic rings. The first-order chi connectivity index (χ1) is 17.6. The molecule has 2 saturated carbocycles. The number of nitrogens with one attached hydrogen (secondary N) is 2. The number of hydrogen-bond donors (Lipinski definition) is 2. The fourth-order valence-electron chi connectivity index (χ4n) is 9.12. The van der Waals surface area contributed by atoms with Crippen LogP contribution in [0.4, 0.5) is 0 Å². The molecule has 3 fully saturated rings. The van der Waals surface area contributed by atoms with E-state index in [1.807, 2.05) is 30.1 Å². The average molecular weight is 523 g/mol. The van der Waals surface area contributed by atoms with Gasteiger partial charge in [0.2, 0.25) is 11.8 Å². The van der Waals surface area contributed by atoms with Crippen molar-refractivity contribution in [2.75, 3.05) is 13.6 Å². The smallest absolute Gasteiger partial charge is 0.226 e. The highest BCUT2D eigenvalue weighted by Gasteiger charge is 2.61. The van der Waals surface area contributed by atoms with Crippen LogP contribution in [0.1, 0.15) is 71.5 Å². The van der Waals surface area contributed by atoms with Gasteiger partial charge in [-0.15, -0.1) is 0 Å². The van der Waals surface area contributed by atoms with E-state index in [0.717, 1.165) is 55.4 Å². The molecule has 3 aliphatic carbocycles. The number of hydrogen-bond acceptors (Lipinski definition) is 3. The van der Waals surface area contributed by atoms with Gasteiger partial charge in [0.25, 0.3) is 0 Å². The average Bonchev–Trinajstić information content (AvgIpc) is 3.41. The lowest BCUT2D eigenvalue weighted by molar-refractivity contribution is -0.138. The van der Waals surface area contributed by atoms with Crippen LogP contribution in [-0.4, -0.2) is 40.3 Å². The van der Waals surface area contributed by atoms with Crippen molar-refractivity contribution in [1.29, 1.82) is 0 Å². The normalized spacial score (nSPS) is 35.4. The predicted molar refractivity (Wildman–Crippen MR) is 146 cm³/mol. The molecular weight excluding hydrogens is 484 g/mol. The Morgan fingerprint density at radius 1 is 1.22 bits per heavy atom. The van der Waals surface area contributed by atoms with Gasteiger partial charge in [0.15, 0.2) is 0 Å². The minimum Gasteiger partial charge on any atom is -0.355 e. The quantitative estimate of drug-likeness (QED) is 0.527. The van der Waals surface area contributed by atoms with E-state index in [2.05, 4.69) is 36.1 Å². The zero-order valence-corrected chi connectivity index (χ0v) is 23.3. The van der Waals surface area contributed by atoms with E-state index >= 15 is 0 Å². The number of piperidine rings is 1. The number of likely N-dealkylation sites (tertiary alicyclic amines) is 1. The fourth-order valence-corrected chi connectivity index (χ4v) is 9.29. The highest BCUT2D eigenvalue weighted by Crippen LogP contribution is 2.66. The second-order valence-corrected chi connectivity index (χ2v) is 13.1. The summed E-state index contributed by atoms with van der Waals surface area (Å²) < 4.78 is 0. The summed E-state index contributed by atoms with van der Waals surface area (Å²) in [5.74, 6) is 3.19. The fraction of sp³-hybridized carbons (Fsp3) is 0.633. The molecule has 0 radical (unpaired) electrons. The van der Waals surface area contributed by atoms with E-state index in [4.69, 9.17) is 11.6 Å². The Kier molecular flexibility index (Phi) is 5.98. The number of carbonyl (C=O) groups is 2. The standard InChI is InChI=1S/C30H39ClN4O2/c1-17-15-19-20-6-7-22(28(37)32-14-11-25-33-23-8-5-18(31)16-24(23)34-25)29(20,2)12-9-21(19)30(3)13-10-26(36)35(4)27(17)30/h5,8,16,19-22H,6-7,9-15H2,1-4H3,(H,32,37)(H,33,34)/t19-,20-,21-,22+,29-,30+/m0/s1. The van der Waals surface area contributed by atoms with Gasteiger partial charge in [-0.05, 0) is 86.8 Å². The van der Waals surface area contributed by atoms with Gasteiger partial charge in [0.1, 0.15) is 5.82 Å². The third kappa shape index (κ3) is 3.85. The number of allylic oxidation sites excluding steroid dienone is 2. The van der Waals surface area contributed by atoms with Crippen LogP contribution in [0, 0.1) is 34.5 Å². The second kappa shape index (κ2) is 8.86. The van der Waals surface area contributed by atoms with Crippen molar-refractivity contribution in [1.82, 2.24) is 20.2 Å². The zero-order valence-electron chi connectivity index (χ0n) is 22.5. The molecule has 0 spiro atoms. The molecule has 1 aromatic carbocycles. The van der Waals surface area contributed by atoms with Crippen molar-refractivity contribution in [3.05, 3.63) is 40.3 Å². The van der Waals surface area contributed by atoms with Crippen LogP contribution in [-0.2, 0) is 16.0 Å². The predicted octanol–water partition coefficient (Wildman–Crippen LogP) is 5.87. The van der Waals surface area contributed by atoms with Crippen molar-refractivity contribution in [2.45, 2.75) is 72.1 Å². The van der Waals surface area contributed by atoms with Crippen molar-refractivity contribution in [2.24, 2.45) is 34.5 Å². The number of fused-ring (bicyclic) bond motifs is 6. The summed E-state index contributed by atoms with van der Waals surface area (Å²) >= 11 is 6.10. The lowest BCUT2D eigenvalue weighted by Crippen LogP contribution is -2.55. The number of benzene rings is 1. The summed E-state index contributed by atoms with van der Waals surface area (Å²) in [6, 6.07) is 5.65. The van der Waals surface area contributed by atoms with E-state index in [0.29, 0.717) is 42.2 Å². The van der Waals surface area contributed by atoms with Gasteiger partial charge in [-0.2, -0.15) is 0 Å². The SMILES string of the molecule is CC1=C2N(C)C(=O)CC[C@]2(C)[C@H]2CC[C@]3(C)[C@@H](C(=O)NCCc4nc5ccc(Cl)cc5[nH]4)CC[C@H]3[C@@H]2C1. The largest absolute Gasteiger partial charge is 0.355 e. The van der Waals surface area contributed by atoms with Crippen LogP contribution in [0.15, 0.2) is 29.5 Å². The van der Waals surface area contributed by atoms with Crippen LogP contribution in [0.5, 0.6) is 0 Å². The second-order valence-electron chi connectivity index (χ2n) is 12.6. The number of amides is 2. The molecular formula is C30H39ClN4O2. The van der Waals surface area contributed by atoms with Gasteiger partial charge >= 0.3 is 0 Å². The molecule has 6 nitrogen and oxygen atoms in total. The van der Waals surface area contributed by atoms with Crippen LogP contribution < -0.4 is 5.32 Å². The van der Waals surface area contributed by atoms with Crippen LogP contribution in [0.3, 0.4) is 0 Å². The van der Waals surface area contributed by atoms with Crippen LogP contribution in [0.25, 0.3) is 11.0 Å². The summed E-state index contributed by atoms with van der Waals surface area (Å²) in [6.07, 6.45) is 7.71. The summed E-state index contributed by atoms with van der Waals surface area (Å²) in [4.78, 5) is 35.9. The maximum atomic E-state index is 13.5. The molecule has 2 N–H and O–H groups in total. The third-order valence-corrected chi connectivity index (χ3v) is 11.0. The number of aromatic amines is 1. The molecule has 0 unspecified atom stereocenters. The van der Waals surface area contributed by atoms with Crippen molar-refractivity contribution >= 4 is 34.4 Å². The molecule has 198 valence electrons. The number of H-pyrrole nitrogens is 1. The first-order valence-electron chi connectivity index (χ1n) is 14.0. The van der Waals surface area contributed by atoms with E-state index in [-0.39, 0.29) is 28.6 Å². The lowest BCUT2D eigenvalue weighted by atomic mass is 9.48. The molecule has 37 heavy (non-hydrogen) atoms. The minimum absolute atomic E-state index is 0.0475. The molecule has 2 aromatic rings. The molecule has 7 heteroatoms. The summed E-state index contributed by atoms with van der Waals surface area (Å²) in [5.41, 5.74) is 4.65. The Balaban J connectivity index is 1.15. The number of nitrogens with zero attached hydrogens (tertiary/aromatic N) is 2. The Bertz CT molecular complexity index is 1300. The van der Waals surface area contributed by atoms with E-state index in [1.54, 1.807) is 0 Å². The molecule has 1 aromatic heterocycles. The molecule has 1 saturated heterocycles. The topological polar surface area (TPSA) is 78.1 Å². The number of imidazole rings is 1. The highest BCUT2D eigenvalue weighted by atomic mass is 35.5. The number of carbonyl (C=O) groups excluding carboxylic acids is 2. The first kappa shape index (κ1) is 25.0. The molecule has 1 aliphatic heterocycles. The number of halogens is 1. The van der Waals surface area contributed by atoms with Crippen molar-refractivity contribution in [3.63, 3.8) is 0 Å². The monoisotopic (exact) mass is 522 g/mol. The number of aromatic nitrogens is 2. The molecule has 0 bridgehead atoms. The molecule has 2 amide bonds. The first-order valence-corrected chi connectivity index (χ1v) is 14.4. The minimum atomic E-state index is 0.0475. The highest BCUT2D eigenvalue weighted by molar-refractivity contribution is 6.31. The molecule has 6 rings (SSSR count). The van der Waals surface area contributed by atoms with Gasteiger partial charge in [-0.25, -0.2) is 4.98 Å².